The quantitative estimate of drug-likeness (QED) is 0.0994. The second kappa shape index (κ2) is 23.4. The Hall–Kier alpha value is -2.72. The number of aromatic nitrogens is 6. The van der Waals surface area contributed by atoms with Gasteiger partial charge in [-0.1, -0.05) is 57.2 Å². The van der Waals surface area contributed by atoms with Crippen LogP contribution in [-0.4, -0.2) is 122 Å². The molecule has 14 heteroatoms. The first kappa shape index (κ1) is 44.0. The minimum Gasteiger partial charge on any atom is -0.379 e. The number of benzene rings is 1. The Labute approximate surface area is 324 Å². The van der Waals surface area contributed by atoms with Crippen molar-refractivity contribution in [3.05, 3.63) is 53.6 Å². The Bertz CT molecular complexity index is 1530. The summed E-state index contributed by atoms with van der Waals surface area (Å²) < 4.78 is 43.5. The van der Waals surface area contributed by atoms with Crippen molar-refractivity contribution in [3.63, 3.8) is 0 Å². The lowest BCUT2D eigenvalue weighted by Gasteiger charge is -2.27. The first-order chi connectivity index (χ1) is 25.9. The molecule has 0 amide bonds. The lowest BCUT2D eigenvalue weighted by atomic mass is 9.91. The van der Waals surface area contributed by atoms with Gasteiger partial charge in [-0.15, -0.1) is 10.2 Å². The van der Waals surface area contributed by atoms with Crippen molar-refractivity contribution in [2.45, 2.75) is 106 Å². The first-order valence-corrected chi connectivity index (χ1v) is 21.9. The molecule has 0 N–H and O–H groups in total. The Morgan fingerprint density at radius 3 is 2.26 bits per heavy atom. The second-order valence-electron chi connectivity index (χ2n) is 16.0. The van der Waals surface area contributed by atoms with Crippen molar-refractivity contribution in [1.82, 2.24) is 34.9 Å². The van der Waals surface area contributed by atoms with Gasteiger partial charge >= 0.3 is 0 Å². The normalized spacial score (nSPS) is 17.8. The molecule has 2 saturated heterocycles. The highest BCUT2D eigenvalue weighted by Gasteiger charge is 2.19. The van der Waals surface area contributed by atoms with Crippen molar-refractivity contribution in [2.75, 3.05) is 70.8 Å². The van der Waals surface area contributed by atoms with E-state index in [-0.39, 0.29) is 6.29 Å². The van der Waals surface area contributed by atoms with E-state index >= 15 is 0 Å². The minimum absolute atomic E-state index is 0.0934. The fourth-order valence-corrected chi connectivity index (χ4v) is 7.29. The summed E-state index contributed by atoms with van der Waals surface area (Å²) in [6.07, 6.45) is 11.6. The predicted molar refractivity (Wildman–Crippen MR) is 214 cm³/mol. The Kier molecular flexibility index (Phi) is 19.0. The van der Waals surface area contributed by atoms with Crippen molar-refractivity contribution in [2.24, 2.45) is 11.3 Å². The summed E-state index contributed by atoms with van der Waals surface area (Å²) >= 11 is 0. The molecule has 1 aromatic carbocycles. The maximum atomic E-state index is 11.9. The molecule has 2 aliphatic heterocycles. The van der Waals surface area contributed by atoms with Crippen LogP contribution in [0.5, 0.6) is 0 Å². The third kappa shape index (κ3) is 18.3. The zero-order chi connectivity index (χ0) is 38.7. The van der Waals surface area contributed by atoms with E-state index in [9.17, 15) is 4.21 Å². The Morgan fingerprint density at radius 1 is 0.907 bits per heavy atom. The third-order valence-corrected chi connectivity index (χ3v) is 11.1. The monoisotopic (exact) mass is 773 g/mol. The SMILES string of the molecule is C=S1(=O)CCN(Cc2cn(CCOCCOCCOCCCC(C)(C)C)nn2)CC1.CC(C)CCc1ccc(-n2cc(COC3CCCCO3)nn2)cc1. The fourth-order valence-electron chi connectivity index (χ4n) is 5.90. The van der Waals surface area contributed by atoms with E-state index in [0.29, 0.717) is 63.1 Å². The molecule has 2 aromatic heterocycles. The van der Waals surface area contributed by atoms with Crippen LogP contribution < -0.4 is 0 Å². The van der Waals surface area contributed by atoms with E-state index < -0.39 is 9.52 Å². The molecule has 1 unspecified atom stereocenters. The summed E-state index contributed by atoms with van der Waals surface area (Å²) in [6, 6.07) is 8.54. The molecule has 0 radical (unpaired) electrons. The van der Waals surface area contributed by atoms with Gasteiger partial charge in [0.2, 0.25) is 0 Å². The molecule has 3 aromatic rings. The van der Waals surface area contributed by atoms with Gasteiger partial charge in [-0.05, 0) is 89.4 Å². The van der Waals surface area contributed by atoms with Gasteiger partial charge in [0.1, 0.15) is 5.69 Å². The smallest absolute Gasteiger partial charge is 0.158 e. The molecule has 2 aliphatic rings. The van der Waals surface area contributed by atoms with Crippen molar-refractivity contribution in [1.29, 1.82) is 0 Å². The largest absolute Gasteiger partial charge is 0.379 e. The standard InChI is InChI=1S/C21H40N4O4S.C19H27N3O2/c1-21(2,3)6-5-10-27-12-14-29-15-13-28-11-7-25-19-20(22-23-25)18-24-8-16-30(4,26)17-9-24;1-15(2)6-7-16-8-10-18(11-9-16)22-13-17(20-21-22)14-24-19-5-3-4-12-23-19/h19H,4-18H2,1-3H3;8-11,13,15,19H,3-7,12,14H2,1-2H3. The van der Waals surface area contributed by atoms with Crippen LogP contribution in [0.25, 0.3) is 5.69 Å². The Morgan fingerprint density at radius 2 is 1.59 bits per heavy atom. The van der Waals surface area contributed by atoms with Crippen LogP contribution in [0.3, 0.4) is 0 Å². The summed E-state index contributed by atoms with van der Waals surface area (Å²) in [5.74, 6) is 5.87. The third-order valence-electron chi connectivity index (χ3n) is 9.26. The molecule has 13 nitrogen and oxygen atoms in total. The number of hydrogen-bond acceptors (Lipinski definition) is 11. The molecule has 5 rings (SSSR count). The van der Waals surface area contributed by atoms with Gasteiger partial charge in [0, 0.05) is 50.6 Å². The summed E-state index contributed by atoms with van der Waals surface area (Å²) in [5, 5.41) is 16.8. The van der Waals surface area contributed by atoms with E-state index in [0.717, 1.165) is 81.5 Å². The van der Waals surface area contributed by atoms with Crippen LogP contribution in [-0.2, 0) is 59.3 Å². The number of rotatable bonds is 21. The van der Waals surface area contributed by atoms with E-state index in [2.05, 4.69) is 90.3 Å². The molecule has 4 heterocycles. The van der Waals surface area contributed by atoms with Gasteiger partial charge in [0.05, 0.1) is 63.8 Å². The van der Waals surface area contributed by atoms with E-state index in [1.54, 1.807) is 9.36 Å². The van der Waals surface area contributed by atoms with Crippen molar-refractivity contribution < 1.29 is 27.9 Å². The molecule has 54 heavy (non-hydrogen) atoms. The van der Waals surface area contributed by atoms with Crippen LogP contribution in [0.4, 0.5) is 0 Å². The number of aryl methyl sites for hydroxylation is 1. The van der Waals surface area contributed by atoms with Gasteiger partial charge in [0.15, 0.2) is 6.29 Å². The maximum Gasteiger partial charge on any atom is 0.158 e. The van der Waals surface area contributed by atoms with Crippen LogP contribution in [0.1, 0.15) is 90.1 Å². The highest BCUT2D eigenvalue weighted by molar-refractivity contribution is 8.00. The second-order valence-corrected chi connectivity index (χ2v) is 18.7. The molecular formula is C40H67N7O6S. The average Bonchev–Trinajstić information content (AvgIpc) is 3.81. The van der Waals surface area contributed by atoms with Gasteiger partial charge in [-0.2, -0.15) is 0 Å². The summed E-state index contributed by atoms with van der Waals surface area (Å²) in [6.45, 7) is 19.2. The van der Waals surface area contributed by atoms with Gasteiger partial charge in [-0.25, -0.2) is 9.36 Å². The van der Waals surface area contributed by atoms with Crippen LogP contribution in [0.2, 0.25) is 0 Å². The van der Waals surface area contributed by atoms with E-state index in [1.165, 1.54) is 24.8 Å². The van der Waals surface area contributed by atoms with Crippen LogP contribution >= 0.6 is 0 Å². The average molecular weight is 774 g/mol. The molecule has 0 aliphatic carbocycles. The molecule has 1 atom stereocenters. The number of nitrogens with zero attached hydrogens (tertiary/aromatic N) is 7. The number of ether oxygens (including phenoxy) is 5. The van der Waals surface area contributed by atoms with E-state index in [1.807, 2.05) is 12.4 Å². The predicted octanol–water partition coefficient (Wildman–Crippen LogP) is 5.59. The van der Waals surface area contributed by atoms with Crippen LogP contribution in [0, 0.1) is 11.3 Å². The molecule has 0 spiro atoms. The maximum absolute atomic E-state index is 11.9. The molecule has 0 bridgehead atoms. The van der Waals surface area contributed by atoms with Gasteiger partial charge in [-0.3, -0.25) is 9.11 Å². The highest BCUT2D eigenvalue weighted by Crippen LogP contribution is 2.20. The van der Waals surface area contributed by atoms with Crippen LogP contribution in [0.15, 0.2) is 36.7 Å². The topological polar surface area (TPSA) is 128 Å². The van der Waals surface area contributed by atoms with Gasteiger partial charge in [0.25, 0.3) is 0 Å². The molecular weight excluding hydrogens is 707 g/mol. The Balaban J connectivity index is 0.000000246. The summed E-state index contributed by atoms with van der Waals surface area (Å²) in [4.78, 5) is 2.25. The highest BCUT2D eigenvalue weighted by atomic mass is 32.2. The zero-order valence-electron chi connectivity index (χ0n) is 33.7. The molecule has 304 valence electrons. The fraction of sp³-hybridized carbons (Fsp3) is 0.725. The lowest BCUT2D eigenvalue weighted by molar-refractivity contribution is -0.169. The summed E-state index contributed by atoms with van der Waals surface area (Å²) in [5.41, 5.74) is 4.52. The molecule has 2 fully saturated rings. The number of hydrogen-bond donors (Lipinski definition) is 0. The lowest BCUT2D eigenvalue weighted by Crippen LogP contribution is -2.39. The van der Waals surface area contributed by atoms with E-state index in [4.69, 9.17) is 23.7 Å². The first-order valence-electron chi connectivity index (χ1n) is 19.8. The zero-order valence-corrected chi connectivity index (χ0v) is 34.5. The minimum atomic E-state index is -1.85. The molecule has 0 saturated carbocycles. The van der Waals surface area contributed by atoms with Crippen molar-refractivity contribution >= 4 is 15.4 Å². The van der Waals surface area contributed by atoms with Gasteiger partial charge < -0.3 is 23.7 Å². The summed E-state index contributed by atoms with van der Waals surface area (Å²) in [7, 11) is -1.85. The van der Waals surface area contributed by atoms with Crippen molar-refractivity contribution in [3.8, 4) is 5.69 Å².